The molecule has 1 fully saturated rings. The highest BCUT2D eigenvalue weighted by Crippen LogP contribution is 2.34. The summed E-state index contributed by atoms with van der Waals surface area (Å²) in [7, 11) is 0. The Kier molecular flexibility index (Phi) is 5.67. The van der Waals surface area contributed by atoms with Gasteiger partial charge >= 0.3 is 0 Å². The lowest BCUT2D eigenvalue weighted by Gasteiger charge is -2.22. The first-order valence-electron chi connectivity index (χ1n) is 8.24. The van der Waals surface area contributed by atoms with Gasteiger partial charge < -0.3 is 42.2 Å². The van der Waals surface area contributed by atoms with Crippen LogP contribution < -0.4 is 22.5 Å². The number of amides is 1. The molecule has 0 saturated carbocycles. The van der Waals surface area contributed by atoms with E-state index in [-0.39, 0.29) is 24.0 Å². The van der Waals surface area contributed by atoms with E-state index in [1.165, 1.54) is 10.9 Å². The molecule has 148 valence electrons. The molecule has 1 saturated heterocycles. The van der Waals surface area contributed by atoms with E-state index in [2.05, 4.69) is 20.3 Å². The largest absolute Gasteiger partial charge is 0.394 e. The number of fused-ring (bicyclic) bond motifs is 1. The Morgan fingerprint density at radius 1 is 1.41 bits per heavy atom. The number of carbonyl (C=O) groups excluding carboxylic acids is 1. The van der Waals surface area contributed by atoms with Crippen LogP contribution in [0.25, 0.3) is 11.2 Å². The Hall–Kier alpha value is -2.58. The van der Waals surface area contributed by atoms with E-state index in [1.54, 1.807) is 0 Å². The summed E-state index contributed by atoms with van der Waals surface area (Å²) in [5.74, 6) is -0.366. The monoisotopic (exact) mass is 382 g/mol. The Labute approximate surface area is 153 Å². The number of ether oxygens (including phenoxy) is 2. The predicted molar refractivity (Wildman–Crippen MR) is 93.0 cm³/mol. The summed E-state index contributed by atoms with van der Waals surface area (Å²) in [5.41, 5.74) is 17.3. The number of carbonyl (C=O) groups is 1. The first-order chi connectivity index (χ1) is 13.0. The molecule has 9 N–H and O–H groups in total. The maximum atomic E-state index is 11.8. The zero-order valence-electron chi connectivity index (χ0n) is 14.4. The van der Waals surface area contributed by atoms with Crippen LogP contribution in [-0.4, -0.2) is 80.3 Å². The first kappa shape index (κ1) is 19.2. The van der Waals surface area contributed by atoms with E-state index in [4.69, 9.17) is 26.7 Å². The summed E-state index contributed by atoms with van der Waals surface area (Å²) in [6, 6.07) is 0. The van der Waals surface area contributed by atoms with Gasteiger partial charge in [-0.05, 0) is 0 Å². The van der Waals surface area contributed by atoms with Crippen molar-refractivity contribution in [3.63, 3.8) is 0 Å². The minimum absolute atomic E-state index is 0.0577. The van der Waals surface area contributed by atoms with Gasteiger partial charge in [0.25, 0.3) is 0 Å². The average molecular weight is 382 g/mol. The van der Waals surface area contributed by atoms with Crippen molar-refractivity contribution in [2.24, 2.45) is 5.73 Å². The number of aliphatic hydroxyl groups is 2. The Morgan fingerprint density at radius 3 is 2.89 bits per heavy atom. The minimum atomic E-state index is -1.18. The van der Waals surface area contributed by atoms with Crippen LogP contribution in [0.1, 0.15) is 6.23 Å². The standard InChI is InChI=1S/C14H22N8O5/c15-1-2-18-7(24)4-26-10-9(25)6(3-23)27-13(10)22-5-19-8-11(16)20-14(17)21-12(8)22/h5-6,9-10,13,23,25H,1-4,15H2,(H,18,24)(H4,16,17,20,21)/t6-,9?,10+,13-/m1/s1. The molecule has 1 amide bonds. The molecule has 0 aliphatic carbocycles. The number of aromatic nitrogens is 4. The quantitative estimate of drug-likeness (QED) is 0.279. The van der Waals surface area contributed by atoms with Crippen molar-refractivity contribution in [2.75, 3.05) is 37.8 Å². The smallest absolute Gasteiger partial charge is 0.246 e. The van der Waals surface area contributed by atoms with Gasteiger partial charge in [-0.3, -0.25) is 9.36 Å². The number of imidazole rings is 1. The fourth-order valence-electron chi connectivity index (χ4n) is 2.85. The van der Waals surface area contributed by atoms with E-state index in [1.807, 2.05) is 0 Å². The molecule has 0 aromatic carbocycles. The number of hydrogen-bond donors (Lipinski definition) is 6. The number of aliphatic hydroxyl groups excluding tert-OH is 2. The van der Waals surface area contributed by atoms with Gasteiger partial charge in [-0.2, -0.15) is 9.97 Å². The summed E-state index contributed by atoms with van der Waals surface area (Å²) >= 11 is 0. The zero-order chi connectivity index (χ0) is 19.6. The van der Waals surface area contributed by atoms with Crippen LogP contribution in [-0.2, 0) is 14.3 Å². The normalized spacial score (nSPS) is 25.1. The molecule has 13 nitrogen and oxygen atoms in total. The van der Waals surface area contributed by atoms with Gasteiger partial charge in [0.2, 0.25) is 11.9 Å². The van der Waals surface area contributed by atoms with Gasteiger partial charge in [0.15, 0.2) is 17.7 Å². The van der Waals surface area contributed by atoms with Crippen LogP contribution in [0.15, 0.2) is 6.33 Å². The van der Waals surface area contributed by atoms with Crippen molar-refractivity contribution in [3.05, 3.63) is 6.33 Å². The third kappa shape index (κ3) is 3.77. The Morgan fingerprint density at radius 2 is 2.19 bits per heavy atom. The first-order valence-corrected chi connectivity index (χ1v) is 8.24. The third-order valence-corrected chi connectivity index (χ3v) is 4.11. The number of rotatable bonds is 7. The van der Waals surface area contributed by atoms with E-state index < -0.39 is 37.1 Å². The van der Waals surface area contributed by atoms with Crippen LogP contribution >= 0.6 is 0 Å². The van der Waals surface area contributed by atoms with Gasteiger partial charge in [0, 0.05) is 13.1 Å². The number of hydrogen-bond acceptors (Lipinski definition) is 11. The van der Waals surface area contributed by atoms with Gasteiger partial charge in [-0.1, -0.05) is 0 Å². The molecule has 1 aliphatic rings. The second kappa shape index (κ2) is 7.98. The molecule has 13 heteroatoms. The zero-order valence-corrected chi connectivity index (χ0v) is 14.4. The Balaban J connectivity index is 1.86. The molecular formula is C14H22N8O5. The molecule has 1 unspecified atom stereocenters. The van der Waals surface area contributed by atoms with Gasteiger partial charge in [-0.25, -0.2) is 4.98 Å². The molecule has 0 radical (unpaired) electrons. The Bertz CT molecular complexity index is 814. The lowest BCUT2D eigenvalue weighted by atomic mass is 10.1. The van der Waals surface area contributed by atoms with Crippen LogP contribution in [0.5, 0.6) is 0 Å². The van der Waals surface area contributed by atoms with E-state index in [0.717, 1.165) is 0 Å². The van der Waals surface area contributed by atoms with Crippen molar-refractivity contribution in [1.29, 1.82) is 0 Å². The molecule has 0 bridgehead atoms. The molecular weight excluding hydrogens is 360 g/mol. The third-order valence-electron chi connectivity index (χ3n) is 4.11. The molecule has 1 aliphatic heterocycles. The number of nitrogens with two attached hydrogens (primary N) is 3. The fraction of sp³-hybridized carbons (Fsp3) is 0.571. The summed E-state index contributed by atoms with van der Waals surface area (Å²) in [6.45, 7) is -0.176. The van der Waals surface area contributed by atoms with E-state index in [0.29, 0.717) is 18.6 Å². The van der Waals surface area contributed by atoms with Crippen molar-refractivity contribution < 1.29 is 24.5 Å². The predicted octanol–water partition coefficient (Wildman–Crippen LogP) is -3.30. The molecule has 3 rings (SSSR count). The highest BCUT2D eigenvalue weighted by atomic mass is 16.6. The van der Waals surface area contributed by atoms with Crippen molar-refractivity contribution in [1.82, 2.24) is 24.8 Å². The summed E-state index contributed by atoms with van der Waals surface area (Å²) in [6.07, 6.45) is -2.60. The summed E-state index contributed by atoms with van der Waals surface area (Å²) < 4.78 is 12.7. The molecule has 2 aromatic heterocycles. The number of nitrogens with zero attached hydrogens (tertiary/aromatic N) is 4. The SMILES string of the molecule is NCCNC(=O)CO[C@H]1C(O)[C@@H](CO)O[C@H]1n1cnc2c(N)nc(N)nc21. The van der Waals surface area contributed by atoms with E-state index in [9.17, 15) is 15.0 Å². The van der Waals surface area contributed by atoms with Gasteiger partial charge in [-0.15, -0.1) is 0 Å². The average Bonchev–Trinajstić information content (AvgIpc) is 3.19. The van der Waals surface area contributed by atoms with Gasteiger partial charge in [0.1, 0.15) is 30.4 Å². The second-order valence-electron chi connectivity index (χ2n) is 5.94. The highest BCUT2D eigenvalue weighted by Gasteiger charge is 2.46. The number of nitrogens with one attached hydrogen (secondary N) is 1. The lowest BCUT2D eigenvalue weighted by molar-refractivity contribution is -0.132. The van der Waals surface area contributed by atoms with E-state index >= 15 is 0 Å². The van der Waals surface area contributed by atoms with Crippen LogP contribution in [0.3, 0.4) is 0 Å². The van der Waals surface area contributed by atoms with Crippen LogP contribution in [0.4, 0.5) is 11.8 Å². The molecule has 27 heavy (non-hydrogen) atoms. The maximum Gasteiger partial charge on any atom is 0.246 e. The molecule has 2 aromatic rings. The highest BCUT2D eigenvalue weighted by molar-refractivity contribution is 5.82. The summed E-state index contributed by atoms with van der Waals surface area (Å²) in [4.78, 5) is 23.8. The molecule has 4 atom stereocenters. The van der Waals surface area contributed by atoms with Gasteiger partial charge in [0.05, 0.1) is 12.9 Å². The lowest BCUT2D eigenvalue weighted by Crippen LogP contribution is -2.39. The topological polar surface area (TPSA) is 210 Å². The number of anilines is 2. The van der Waals surface area contributed by atoms with Crippen molar-refractivity contribution in [3.8, 4) is 0 Å². The number of nitrogen functional groups attached to an aromatic ring is 2. The minimum Gasteiger partial charge on any atom is -0.394 e. The molecule has 0 spiro atoms. The van der Waals surface area contributed by atoms with Crippen molar-refractivity contribution >= 4 is 28.8 Å². The fourth-order valence-corrected chi connectivity index (χ4v) is 2.85. The summed E-state index contributed by atoms with van der Waals surface area (Å²) in [5, 5.41) is 22.4. The van der Waals surface area contributed by atoms with Crippen LogP contribution in [0, 0.1) is 0 Å². The maximum absolute atomic E-state index is 11.8. The van der Waals surface area contributed by atoms with Crippen LogP contribution in [0.2, 0.25) is 0 Å². The van der Waals surface area contributed by atoms with Crippen molar-refractivity contribution in [2.45, 2.75) is 24.5 Å². The molecule has 3 heterocycles. The second-order valence-corrected chi connectivity index (χ2v) is 5.94.